The SMILES string of the molecule is O[C@@H]1CCN2CC=C(c3ccc(F)cc3)[C@@H]1C2. The fourth-order valence-corrected chi connectivity index (χ4v) is 2.83. The lowest BCUT2D eigenvalue weighted by atomic mass is 9.81. The second-order valence-electron chi connectivity index (χ2n) is 4.89. The Balaban J connectivity index is 1.94. The molecule has 1 aromatic rings. The highest BCUT2D eigenvalue weighted by molar-refractivity contribution is 5.69. The van der Waals surface area contributed by atoms with Crippen LogP contribution < -0.4 is 0 Å². The number of hydrogen-bond donors (Lipinski definition) is 1. The van der Waals surface area contributed by atoms with Crippen molar-refractivity contribution in [3.8, 4) is 0 Å². The van der Waals surface area contributed by atoms with E-state index in [1.54, 1.807) is 12.1 Å². The minimum Gasteiger partial charge on any atom is -0.392 e. The van der Waals surface area contributed by atoms with Gasteiger partial charge in [0.2, 0.25) is 0 Å². The Bertz CT molecular complexity index is 440. The van der Waals surface area contributed by atoms with Crippen LogP contribution in [0.3, 0.4) is 0 Å². The monoisotopic (exact) mass is 233 g/mol. The third-order valence-electron chi connectivity index (χ3n) is 3.81. The maximum atomic E-state index is 12.9. The zero-order valence-electron chi connectivity index (χ0n) is 9.64. The first-order chi connectivity index (χ1) is 8.24. The van der Waals surface area contributed by atoms with Gasteiger partial charge in [0.1, 0.15) is 5.82 Å². The average molecular weight is 233 g/mol. The van der Waals surface area contributed by atoms with Gasteiger partial charge in [-0.3, -0.25) is 4.90 Å². The molecular weight excluding hydrogens is 217 g/mol. The molecule has 1 saturated heterocycles. The molecule has 3 atom stereocenters. The number of halogens is 1. The first kappa shape index (κ1) is 10.9. The number of aliphatic hydroxyl groups excluding tert-OH is 1. The molecule has 2 heterocycles. The van der Waals surface area contributed by atoms with E-state index in [2.05, 4.69) is 11.0 Å². The summed E-state index contributed by atoms with van der Waals surface area (Å²) >= 11 is 0. The van der Waals surface area contributed by atoms with Crippen molar-refractivity contribution in [1.29, 1.82) is 0 Å². The van der Waals surface area contributed by atoms with Crippen molar-refractivity contribution in [3.05, 3.63) is 41.7 Å². The van der Waals surface area contributed by atoms with E-state index in [0.29, 0.717) is 0 Å². The van der Waals surface area contributed by atoms with Crippen LogP contribution in [0.1, 0.15) is 12.0 Å². The van der Waals surface area contributed by atoms with Gasteiger partial charge >= 0.3 is 0 Å². The predicted molar refractivity (Wildman–Crippen MR) is 64.9 cm³/mol. The van der Waals surface area contributed by atoms with Crippen molar-refractivity contribution in [3.63, 3.8) is 0 Å². The maximum Gasteiger partial charge on any atom is 0.123 e. The molecule has 90 valence electrons. The number of rotatable bonds is 1. The first-order valence-corrected chi connectivity index (χ1v) is 6.10. The van der Waals surface area contributed by atoms with Crippen LogP contribution >= 0.6 is 0 Å². The quantitative estimate of drug-likeness (QED) is 0.801. The van der Waals surface area contributed by atoms with E-state index in [0.717, 1.165) is 31.6 Å². The molecule has 2 aliphatic heterocycles. The molecule has 1 N–H and O–H groups in total. The van der Waals surface area contributed by atoms with Crippen LogP contribution in [-0.4, -0.2) is 35.7 Å². The van der Waals surface area contributed by atoms with E-state index in [9.17, 15) is 9.50 Å². The molecule has 0 aromatic heterocycles. The molecule has 0 aliphatic carbocycles. The summed E-state index contributed by atoms with van der Waals surface area (Å²) < 4.78 is 12.9. The minimum absolute atomic E-state index is 0.183. The molecule has 1 unspecified atom stereocenters. The van der Waals surface area contributed by atoms with Crippen LogP contribution in [0.25, 0.3) is 5.57 Å². The van der Waals surface area contributed by atoms with Gasteiger partial charge in [-0.1, -0.05) is 18.2 Å². The van der Waals surface area contributed by atoms with E-state index in [-0.39, 0.29) is 17.8 Å². The van der Waals surface area contributed by atoms with Gasteiger partial charge in [-0.15, -0.1) is 0 Å². The lowest BCUT2D eigenvalue weighted by Crippen LogP contribution is -2.46. The Morgan fingerprint density at radius 2 is 2.00 bits per heavy atom. The molecule has 2 nitrogen and oxygen atoms in total. The van der Waals surface area contributed by atoms with Crippen LogP contribution in [0.4, 0.5) is 4.39 Å². The lowest BCUT2D eigenvalue weighted by Gasteiger charge is -2.40. The number of hydrogen-bond acceptors (Lipinski definition) is 2. The largest absolute Gasteiger partial charge is 0.392 e. The third kappa shape index (κ3) is 2.01. The van der Waals surface area contributed by atoms with Gasteiger partial charge in [-0.25, -0.2) is 4.39 Å². The highest BCUT2D eigenvalue weighted by Crippen LogP contribution is 2.34. The van der Waals surface area contributed by atoms with Crippen molar-refractivity contribution in [2.75, 3.05) is 19.6 Å². The smallest absolute Gasteiger partial charge is 0.123 e. The highest BCUT2D eigenvalue weighted by atomic mass is 19.1. The molecule has 0 spiro atoms. The Morgan fingerprint density at radius 3 is 2.76 bits per heavy atom. The molecule has 1 aromatic carbocycles. The second-order valence-corrected chi connectivity index (χ2v) is 4.89. The van der Waals surface area contributed by atoms with Crippen LogP contribution in [-0.2, 0) is 0 Å². The average Bonchev–Trinajstić information content (AvgIpc) is 2.36. The number of benzene rings is 1. The summed E-state index contributed by atoms with van der Waals surface area (Å²) in [4.78, 5) is 2.35. The topological polar surface area (TPSA) is 23.5 Å². The molecule has 2 aliphatic rings. The number of aliphatic hydroxyl groups is 1. The number of piperidine rings is 1. The van der Waals surface area contributed by atoms with Crippen molar-refractivity contribution in [2.45, 2.75) is 12.5 Å². The first-order valence-electron chi connectivity index (χ1n) is 6.10. The summed E-state index contributed by atoms with van der Waals surface area (Å²) in [5.74, 6) is -0.0288. The van der Waals surface area contributed by atoms with Gasteiger partial charge in [-0.05, 0) is 29.7 Å². The lowest BCUT2D eigenvalue weighted by molar-refractivity contribution is 0.0509. The normalized spacial score (nSPS) is 32.1. The van der Waals surface area contributed by atoms with Crippen LogP contribution in [0.15, 0.2) is 30.3 Å². The summed E-state index contributed by atoms with van der Waals surface area (Å²) in [6.45, 7) is 2.84. The van der Waals surface area contributed by atoms with Crippen molar-refractivity contribution in [2.24, 2.45) is 5.92 Å². The van der Waals surface area contributed by atoms with Gasteiger partial charge in [-0.2, -0.15) is 0 Å². The van der Waals surface area contributed by atoms with Crippen LogP contribution in [0.2, 0.25) is 0 Å². The summed E-state index contributed by atoms with van der Waals surface area (Å²) in [7, 11) is 0. The Hall–Kier alpha value is -1.19. The molecule has 2 bridgehead atoms. The fourth-order valence-electron chi connectivity index (χ4n) is 2.83. The summed E-state index contributed by atoms with van der Waals surface area (Å²) in [5.41, 5.74) is 2.21. The molecule has 0 radical (unpaired) electrons. The number of nitrogens with zero attached hydrogens (tertiary/aromatic N) is 1. The highest BCUT2D eigenvalue weighted by Gasteiger charge is 2.33. The van der Waals surface area contributed by atoms with E-state index in [1.165, 1.54) is 17.7 Å². The molecule has 1 fully saturated rings. The molecule has 17 heavy (non-hydrogen) atoms. The fraction of sp³-hybridized carbons (Fsp3) is 0.429. The van der Waals surface area contributed by atoms with Gasteiger partial charge in [0.25, 0.3) is 0 Å². The van der Waals surface area contributed by atoms with Crippen LogP contribution in [0, 0.1) is 11.7 Å². The Kier molecular flexibility index (Phi) is 2.73. The third-order valence-corrected chi connectivity index (χ3v) is 3.81. The molecule has 3 rings (SSSR count). The van der Waals surface area contributed by atoms with Gasteiger partial charge in [0.15, 0.2) is 0 Å². The minimum atomic E-state index is -0.261. The van der Waals surface area contributed by atoms with E-state index >= 15 is 0 Å². The second kappa shape index (κ2) is 4.24. The van der Waals surface area contributed by atoms with Crippen LogP contribution in [0.5, 0.6) is 0 Å². The zero-order chi connectivity index (χ0) is 11.8. The van der Waals surface area contributed by atoms with E-state index in [4.69, 9.17) is 0 Å². The summed E-state index contributed by atoms with van der Waals surface area (Å²) in [6.07, 6.45) is 2.75. The van der Waals surface area contributed by atoms with Gasteiger partial charge in [0.05, 0.1) is 6.10 Å². The number of fused-ring (bicyclic) bond motifs is 2. The molecule has 0 saturated carbocycles. The van der Waals surface area contributed by atoms with Crippen molar-refractivity contribution >= 4 is 5.57 Å². The van der Waals surface area contributed by atoms with Crippen molar-refractivity contribution in [1.82, 2.24) is 4.90 Å². The molecule has 0 amide bonds. The standard InChI is InChI=1S/C14H16FNO/c15-11-3-1-10(2-4-11)12-5-7-16-8-6-14(17)13(12)9-16/h1-5,13-14,17H,6-9H2/t13-,14+/m0/s1. The zero-order valence-corrected chi connectivity index (χ0v) is 9.64. The van der Waals surface area contributed by atoms with Crippen molar-refractivity contribution < 1.29 is 9.50 Å². The van der Waals surface area contributed by atoms with E-state index < -0.39 is 0 Å². The molecular formula is C14H16FNO. The maximum absolute atomic E-state index is 12.9. The summed E-state index contributed by atoms with van der Waals surface area (Å²) in [6, 6.07) is 6.58. The molecule has 3 heteroatoms. The Labute approximate surface area is 100 Å². The van der Waals surface area contributed by atoms with Gasteiger partial charge in [0, 0.05) is 25.6 Å². The van der Waals surface area contributed by atoms with E-state index in [1.807, 2.05) is 0 Å². The Morgan fingerprint density at radius 1 is 1.24 bits per heavy atom. The van der Waals surface area contributed by atoms with Gasteiger partial charge < -0.3 is 5.11 Å². The predicted octanol–water partition coefficient (Wildman–Crippen LogP) is 1.91. The summed E-state index contributed by atoms with van der Waals surface area (Å²) in [5, 5.41) is 10.1.